The summed E-state index contributed by atoms with van der Waals surface area (Å²) < 4.78 is 13.3. The Morgan fingerprint density at radius 1 is 1.21 bits per heavy atom. The van der Waals surface area contributed by atoms with Crippen LogP contribution in [0.5, 0.6) is 0 Å². The lowest BCUT2D eigenvalue weighted by Gasteiger charge is -2.17. The monoisotopic (exact) mass is 378 g/mol. The van der Waals surface area contributed by atoms with Gasteiger partial charge in [0.2, 0.25) is 5.91 Å². The van der Waals surface area contributed by atoms with Crippen molar-refractivity contribution in [2.75, 3.05) is 13.1 Å². The summed E-state index contributed by atoms with van der Waals surface area (Å²) in [5.41, 5.74) is 1.90. The van der Waals surface area contributed by atoms with Gasteiger partial charge >= 0.3 is 0 Å². The van der Waals surface area contributed by atoms with Gasteiger partial charge in [0.05, 0.1) is 12.1 Å². The topological polar surface area (TPSA) is 79.0 Å². The molecule has 1 saturated heterocycles. The standard InChI is InChI=1S/C21H19FN4O2/c22-17-3-1-2-14(10-17)11-20(28)26-9-6-16(13-26)18-12-19(27)25-21(24-18)15-4-7-23-8-5-15/h1-5,7-8,10,12,16H,6,9,11,13H2,(H,24,25,27)/t16-/m1/s1. The number of aromatic nitrogens is 3. The van der Waals surface area contributed by atoms with Crippen LogP contribution >= 0.6 is 0 Å². The van der Waals surface area contributed by atoms with Gasteiger partial charge in [0.25, 0.3) is 5.56 Å². The Balaban J connectivity index is 1.49. The number of carbonyl (C=O) groups excluding carboxylic acids is 1. The van der Waals surface area contributed by atoms with Gasteiger partial charge in [0.15, 0.2) is 0 Å². The number of halogens is 1. The fourth-order valence-electron chi connectivity index (χ4n) is 3.49. The minimum absolute atomic E-state index is 0.000605. The number of H-pyrrole nitrogens is 1. The molecule has 2 aromatic heterocycles. The first-order chi connectivity index (χ1) is 13.6. The van der Waals surface area contributed by atoms with E-state index < -0.39 is 0 Å². The molecular formula is C21H19FN4O2. The van der Waals surface area contributed by atoms with Crippen molar-refractivity contribution < 1.29 is 9.18 Å². The van der Waals surface area contributed by atoms with Gasteiger partial charge in [-0.3, -0.25) is 14.6 Å². The van der Waals surface area contributed by atoms with E-state index >= 15 is 0 Å². The number of nitrogens with zero attached hydrogens (tertiary/aromatic N) is 3. The van der Waals surface area contributed by atoms with Crippen molar-refractivity contribution >= 4 is 5.91 Å². The van der Waals surface area contributed by atoms with E-state index in [-0.39, 0.29) is 29.6 Å². The Kier molecular flexibility index (Phi) is 4.97. The van der Waals surface area contributed by atoms with E-state index in [4.69, 9.17) is 0 Å². The largest absolute Gasteiger partial charge is 0.342 e. The maximum Gasteiger partial charge on any atom is 0.251 e. The third-order valence-electron chi connectivity index (χ3n) is 4.92. The molecule has 1 N–H and O–H groups in total. The van der Waals surface area contributed by atoms with Crippen molar-refractivity contribution in [1.29, 1.82) is 0 Å². The summed E-state index contributed by atoms with van der Waals surface area (Å²) in [6, 6.07) is 11.1. The highest BCUT2D eigenvalue weighted by Gasteiger charge is 2.28. The minimum Gasteiger partial charge on any atom is -0.342 e. The molecule has 0 radical (unpaired) electrons. The average Bonchev–Trinajstić information content (AvgIpc) is 3.19. The van der Waals surface area contributed by atoms with Crippen LogP contribution in [-0.2, 0) is 11.2 Å². The zero-order chi connectivity index (χ0) is 19.5. The number of amides is 1. The predicted octanol–water partition coefficient (Wildman–Crippen LogP) is 2.53. The maximum atomic E-state index is 13.3. The van der Waals surface area contributed by atoms with Crippen molar-refractivity contribution in [3.8, 4) is 11.4 Å². The molecule has 0 spiro atoms. The van der Waals surface area contributed by atoms with Crippen LogP contribution in [0.3, 0.4) is 0 Å². The molecule has 1 aromatic carbocycles. The van der Waals surface area contributed by atoms with Crippen molar-refractivity contribution in [2.24, 2.45) is 0 Å². The summed E-state index contributed by atoms with van der Waals surface area (Å²) in [5.74, 6) is 0.0991. The molecule has 28 heavy (non-hydrogen) atoms. The Morgan fingerprint density at radius 3 is 2.82 bits per heavy atom. The lowest BCUT2D eigenvalue weighted by atomic mass is 10.0. The Hall–Kier alpha value is -3.35. The minimum atomic E-state index is -0.346. The molecular weight excluding hydrogens is 359 g/mol. The van der Waals surface area contributed by atoms with Crippen LogP contribution in [0.15, 0.2) is 59.7 Å². The van der Waals surface area contributed by atoms with Crippen LogP contribution in [0.2, 0.25) is 0 Å². The lowest BCUT2D eigenvalue weighted by Crippen LogP contribution is -2.30. The molecule has 4 rings (SSSR count). The number of hydrogen-bond acceptors (Lipinski definition) is 4. The summed E-state index contributed by atoms with van der Waals surface area (Å²) in [7, 11) is 0. The summed E-state index contributed by atoms with van der Waals surface area (Å²) in [4.78, 5) is 37.8. The van der Waals surface area contributed by atoms with E-state index in [0.29, 0.717) is 30.2 Å². The number of pyridine rings is 1. The molecule has 142 valence electrons. The molecule has 0 aliphatic carbocycles. The second-order valence-electron chi connectivity index (χ2n) is 6.89. The number of nitrogens with one attached hydrogen (secondary N) is 1. The summed E-state index contributed by atoms with van der Waals surface area (Å²) >= 11 is 0. The second kappa shape index (κ2) is 7.72. The maximum absolute atomic E-state index is 13.3. The first-order valence-electron chi connectivity index (χ1n) is 9.12. The van der Waals surface area contributed by atoms with E-state index in [0.717, 1.165) is 12.0 Å². The van der Waals surface area contributed by atoms with Crippen LogP contribution in [0.25, 0.3) is 11.4 Å². The van der Waals surface area contributed by atoms with E-state index in [9.17, 15) is 14.0 Å². The van der Waals surface area contributed by atoms with Crippen LogP contribution in [0.1, 0.15) is 23.6 Å². The number of aromatic amines is 1. The molecule has 6 nitrogen and oxygen atoms in total. The molecule has 7 heteroatoms. The second-order valence-corrected chi connectivity index (χ2v) is 6.89. The van der Waals surface area contributed by atoms with Gasteiger partial charge in [0, 0.05) is 43.0 Å². The molecule has 1 aliphatic rings. The zero-order valence-corrected chi connectivity index (χ0v) is 15.1. The van der Waals surface area contributed by atoms with Gasteiger partial charge in [-0.2, -0.15) is 0 Å². The normalized spacial score (nSPS) is 16.3. The van der Waals surface area contributed by atoms with Gasteiger partial charge in [-0.25, -0.2) is 9.37 Å². The number of carbonyl (C=O) groups is 1. The fourth-order valence-corrected chi connectivity index (χ4v) is 3.49. The van der Waals surface area contributed by atoms with Gasteiger partial charge in [-0.1, -0.05) is 12.1 Å². The molecule has 1 atom stereocenters. The Bertz CT molecular complexity index is 1050. The highest BCUT2D eigenvalue weighted by molar-refractivity contribution is 5.79. The molecule has 0 bridgehead atoms. The van der Waals surface area contributed by atoms with Crippen LogP contribution in [-0.4, -0.2) is 38.8 Å². The smallest absolute Gasteiger partial charge is 0.251 e. The fraction of sp³-hybridized carbons (Fsp3) is 0.238. The third-order valence-corrected chi connectivity index (χ3v) is 4.92. The van der Waals surface area contributed by atoms with Crippen LogP contribution in [0.4, 0.5) is 4.39 Å². The van der Waals surface area contributed by atoms with E-state index in [1.165, 1.54) is 18.2 Å². The van der Waals surface area contributed by atoms with Crippen molar-refractivity contribution in [3.63, 3.8) is 0 Å². The van der Waals surface area contributed by atoms with Gasteiger partial charge in [0.1, 0.15) is 11.6 Å². The quantitative estimate of drug-likeness (QED) is 0.757. The van der Waals surface area contributed by atoms with Crippen molar-refractivity contribution in [3.05, 3.63) is 82.3 Å². The van der Waals surface area contributed by atoms with Crippen molar-refractivity contribution in [2.45, 2.75) is 18.8 Å². The SMILES string of the molecule is O=C(Cc1cccc(F)c1)N1CC[C@@H](c2cc(=O)[nH]c(-c3ccncc3)n2)C1. The molecule has 1 aliphatic heterocycles. The predicted molar refractivity (Wildman–Crippen MR) is 102 cm³/mol. The van der Waals surface area contributed by atoms with Crippen LogP contribution < -0.4 is 5.56 Å². The molecule has 3 heterocycles. The van der Waals surface area contributed by atoms with E-state index in [1.54, 1.807) is 41.6 Å². The molecule has 3 aromatic rings. The van der Waals surface area contributed by atoms with E-state index in [1.807, 2.05) is 0 Å². The zero-order valence-electron chi connectivity index (χ0n) is 15.1. The number of benzene rings is 1. The summed E-state index contributed by atoms with van der Waals surface area (Å²) in [6.45, 7) is 1.10. The lowest BCUT2D eigenvalue weighted by molar-refractivity contribution is -0.129. The van der Waals surface area contributed by atoms with Gasteiger partial charge in [-0.05, 0) is 36.2 Å². The van der Waals surface area contributed by atoms with Gasteiger partial charge in [-0.15, -0.1) is 0 Å². The number of rotatable bonds is 4. The summed E-state index contributed by atoms with van der Waals surface area (Å²) in [6.07, 6.45) is 4.19. The first-order valence-corrected chi connectivity index (χ1v) is 9.12. The number of hydrogen-bond donors (Lipinski definition) is 1. The van der Waals surface area contributed by atoms with Crippen LogP contribution in [0, 0.1) is 5.82 Å². The number of likely N-dealkylation sites (tertiary alicyclic amines) is 1. The molecule has 1 amide bonds. The Morgan fingerprint density at radius 2 is 2.04 bits per heavy atom. The first kappa shape index (κ1) is 18.0. The third kappa shape index (κ3) is 3.98. The highest BCUT2D eigenvalue weighted by atomic mass is 19.1. The average molecular weight is 378 g/mol. The molecule has 1 fully saturated rings. The van der Waals surface area contributed by atoms with Gasteiger partial charge < -0.3 is 9.88 Å². The molecule has 0 unspecified atom stereocenters. The van der Waals surface area contributed by atoms with Crippen molar-refractivity contribution in [1.82, 2.24) is 19.9 Å². The highest BCUT2D eigenvalue weighted by Crippen LogP contribution is 2.27. The molecule has 0 saturated carbocycles. The van der Waals surface area contributed by atoms with E-state index in [2.05, 4.69) is 15.0 Å². The summed E-state index contributed by atoms with van der Waals surface area (Å²) in [5, 5.41) is 0. The Labute approximate surface area is 161 Å².